The van der Waals surface area contributed by atoms with E-state index < -0.39 is 6.10 Å². The van der Waals surface area contributed by atoms with Gasteiger partial charge in [0.15, 0.2) is 0 Å². The molecule has 6 nitrogen and oxygen atoms in total. The van der Waals surface area contributed by atoms with E-state index in [1.165, 1.54) is 0 Å². The lowest BCUT2D eigenvalue weighted by molar-refractivity contribution is -0.121. The molecule has 0 saturated carbocycles. The molecule has 2 aromatic rings. The topological polar surface area (TPSA) is 76.4 Å². The van der Waals surface area contributed by atoms with Gasteiger partial charge < -0.3 is 15.2 Å². The van der Waals surface area contributed by atoms with E-state index in [4.69, 9.17) is 9.84 Å². The number of nitrogens with one attached hydrogen (secondary N) is 1. The summed E-state index contributed by atoms with van der Waals surface area (Å²) in [6, 6.07) is 7.80. The van der Waals surface area contributed by atoms with Crippen LogP contribution in [0, 0.1) is 0 Å². The minimum Gasteiger partial charge on any atom is -0.494 e. The number of carbonyl (C=O) groups is 1. The Bertz CT molecular complexity index is 620. The van der Waals surface area contributed by atoms with Gasteiger partial charge in [0.1, 0.15) is 5.75 Å². The second-order valence-corrected chi connectivity index (χ2v) is 5.53. The summed E-state index contributed by atoms with van der Waals surface area (Å²) in [6.07, 6.45) is 4.29. The summed E-state index contributed by atoms with van der Waals surface area (Å²) >= 11 is 0. The molecule has 0 saturated heterocycles. The number of carbonyl (C=O) groups excluding carboxylic acids is 1. The number of aliphatic hydroxyl groups excluding tert-OH is 1. The van der Waals surface area contributed by atoms with E-state index in [1.807, 2.05) is 43.7 Å². The van der Waals surface area contributed by atoms with Crippen molar-refractivity contribution in [2.45, 2.75) is 25.9 Å². The third-order valence-corrected chi connectivity index (χ3v) is 3.30. The first-order chi connectivity index (χ1) is 11.0. The van der Waals surface area contributed by atoms with Crippen LogP contribution in [0.3, 0.4) is 0 Å². The molecule has 0 radical (unpaired) electrons. The van der Waals surface area contributed by atoms with Crippen LogP contribution in [0.25, 0.3) is 11.1 Å². The number of rotatable bonds is 8. The van der Waals surface area contributed by atoms with Crippen LogP contribution in [0.4, 0.5) is 0 Å². The van der Waals surface area contributed by atoms with E-state index in [0.29, 0.717) is 19.4 Å². The SMILES string of the molecule is C[C@H](O)CNC(=O)CCCOc1ccc(-c2cnn(C)c2)cc1. The lowest BCUT2D eigenvalue weighted by Crippen LogP contribution is -2.30. The maximum atomic E-state index is 11.5. The van der Waals surface area contributed by atoms with Gasteiger partial charge >= 0.3 is 0 Å². The van der Waals surface area contributed by atoms with Crippen LogP contribution in [-0.4, -0.2) is 40.0 Å². The van der Waals surface area contributed by atoms with E-state index in [-0.39, 0.29) is 12.5 Å². The zero-order valence-electron chi connectivity index (χ0n) is 13.5. The predicted octanol–water partition coefficient (Wildman–Crippen LogP) is 1.74. The Morgan fingerprint density at radius 3 is 2.70 bits per heavy atom. The first kappa shape index (κ1) is 17.0. The molecular weight excluding hydrogens is 294 g/mol. The summed E-state index contributed by atoms with van der Waals surface area (Å²) in [7, 11) is 1.89. The second-order valence-electron chi connectivity index (χ2n) is 5.53. The van der Waals surface area contributed by atoms with Crippen molar-refractivity contribution in [1.29, 1.82) is 0 Å². The summed E-state index contributed by atoms with van der Waals surface area (Å²) in [5.41, 5.74) is 2.15. The van der Waals surface area contributed by atoms with Crippen molar-refractivity contribution in [2.75, 3.05) is 13.2 Å². The molecule has 0 aliphatic heterocycles. The lowest BCUT2D eigenvalue weighted by Gasteiger charge is -2.08. The molecule has 0 aliphatic rings. The number of aliphatic hydroxyl groups is 1. The number of amides is 1. The molecule has 0 spiro atoms. The Hall–Kier alpha value is -2.34. The molecule has 1 aromatic heterocycles. The quantitative estimate of drug-likeness (QED) is 0.727. The fourth-order valence-electron chi connectivity index (χ4n) is 2.09. The number of aryl methyl sites for hydroxylation is 1. The smallest absolute Gasteiger partial charge is 0.220 e. The molecule has 1 atom stereocenters. The number of ether oxygens (including phenoxy) is 1. The highest BCUT2D eigenvalue weighted by Gasteiger charge is 2.04. The average Bonchev–Trinajstić information content (AvgIpc) is 2.96. The van der Waals surface area contributed by atoms with E-state index in [9.17, 15) is 4.79 Å². The van der Waals surface area contributed by atoms with Crippen molar-refractivity contribution < 1.29 is 14.6 Å². The van der Waals surface area contributed by atoms with Crippen LogP contribution in [-0.2, 0) is 11.8 Å². The molecule has 1 aromatic carbocycles. The summed E-state index contributed by atoms with van der Waals surface area (Å²) in [5.74, 6) is 0.712. The van der Waals surface area contributed by atoms with E-state index in [1.54, 1.807) is 11.6 Å². The molecule has 6 heteroatoms. The van der Waals surface area contributed by atoms with Gasteiger partial charge in [0.2, 0.25) is 5.91 Å². The first-order valence-corrected chi connectivity index (χ1v) is 7.71. The minimum atomic E-state index is -0.520. The van der Waals surface area contributed by atoms with Gasteiger partial charge in [-0.15, -0.1) is 0 Å². The highest BCUT2D eigenvalue weighted by atomic mass is 16.5. The van der Waals surface area contributed by atoms with Gasteiger partial charge in [-0.05, 0) is 31.0 Å². The molecule has 0 aliphatic carbocycles. The molecule has 2 rings (SSSR count). The van der Waals surface area contributed by atoms with Crippen LogP contribution in [0.1, 0.15) is 19.8 Å². The highest BCUT2D eigenvalue weighted by molar-refractivity contribution is 5.75. The van der Waals surface area contributed by atoms with Crippen molar-refractivity contribution in [3.63, 3.8) is 0 Å². The third kappa shape index (κ3) is 5.75. The molecule has 1 heterocycles. The van der Waals surface area contributed by atoms with E-state index >= 15 is 0 Å². The predicted molar refractivity (Wildman–Crippen MR) is 88.1 cm³/mol. The van der Waals surface area contributed by atoms with Gasteiger partial charge in [0.25, 0.3) is 0 Å². The Morgan fingerprint density at radius 2 is 2.09 bits per heavy atom. The fraction of sp³-hybridized carbons (Fsp3) is 0.412. The molecular formula is C17H23N3O3. The normalized spacial score (nSPS) is 12.0. The van der Waals surface area contributed by atoms with Crippen molar-refractivity contribution >= 4 is 5.91 Å². The fourth-order valence-corrected chi connectivity index (χ4v) is 2.09. The van der Waals surface area contributed by atoms with Gasteiger partial charge in [-0.2, -0.15) is 5.10 Å². The highest BCUT2D eigenvalue weighted by Crippen LogP contribution is 2.21. The van der Waals surface area contributed by atoms with Gasteiger partial charge in [-0.3, -0.25) is 9.48 Å². The van der Waals surface area contributed by atoms with Crippen LogP contribution in [0.2, 0.25) is 0 Å². The monoisotopic (exact) mass is 317 g/mol. The van der Waals surface area contributed by atoms with E-state index in [2.05, 4.69) is 10.4 Å². The largest absolute Gasteiger partial charge is 0.494 e. The zero-order valence-corrected chi connectivity index (χ0v) is 13.5. The Labute approximate surface area is 136 Å². The second kappa shape index (κ2) is 8.33. The maximum Gasteiger partial charge on any atom is 0.220 e. The number of hydrogen-bond acceptors (Lipinski definition) is 4. The Balaban J connectivity index is 1.71. The molecule has 23 heavy (non-hydrogen) atoms. The minimum absolute atomic E-state index is 0.0681. The van der Waals surface area contributed by atoms with Crippen molar-refractivity contribution in [3.8, 4) is 16.9 Å². The summed E-state index contributed by atoms with van der Waals surface area (Å²) < 4.78 is 7.39. The number of nitrogens with zero attached hydrogens (tertiary/aromatic N) is 2. The molecule has 1 amide bonds. The molecule has 0 bridgehead atoms. The number of benzene rings is 1. The number of hydrogen-bond donors (Lipinski definition) is 2. The molecule has 0 fully saturated rings. The van der Waals surface area contributed by atoms with Gasteiger partial charge in [0.05, 0.1) is 18.9 Å². The van der Waals surface area contributed by atoms with Gasteiger partial charge in [0, 0.05) is 31.8 Å². The Kier molecular flexibility index (Phi) is 6.17. The van der Waals surface area contributed by atoms with Gasteiger partial charge in [-0.1, -0.05) is 12.1 Å². The summed E-state index contributed by atoms with van der Waals surface area (Å²) in [6.45, 7) is 2.41. The van der Waals surface area contributed by atoms with Crippen molar-refractivity contribution in [2.24, 2.45) is 7.05 Å². The summed E-state index contributed by atoms with van der Waals surface area (Å²) in [5, 5.41) is 15.9. The van der Waals surface area contributed by atoms with Gasteiger partial charge in [-0.25, -0.2) is 0 Å². The van der Waals surface area contributed by atoms with Crippen molar-refractivity contribution in [1.82, 2.24) is 15.1 Å². The Morgan fingerprint density at radius 1 is 1.35 bits per heavy atom. The van der Waals surface area contributed by atoms with Crippen molar-refractivity contribution in [3.05, 3.63) is 36.7 Å². The van der Waals surface area contributed by atoms with Crippen LogP contribution >= 0.6 is 0 Å². The first-order valence-electron chi connectivity index (χ1n) is 7.71. The maximum absolute atomic E-state index is 11.5. The van der Waals surface area contributed by atoms with Crippen LogP contribution in [0.15, 0.2) is 36.7 Å². The zero-order chi connectivity index (χ0) is 16.7. The van der Waals surface area contributed by atoms with Crippen LogP contribution in [0.5, 0.6) is 5.75 Å². The van der Waals surface area contributed by atoms with E-state index in [0.717, 1.165) is 16.9 Å². The van der Waals surface area contributed by atoms with Crippen LogP contribution < -0.4 is 10.1 Å². The summed E-state index contributed by atoms with van der Waals surface area (Å²) in [4.78, 5) is 11.5. The molecule has 124 valence electrons. The molecule has 2 N–H and O–H groups in total. The standard InChI is InChI=1S/C17H23N3O3/c1-13(21)10-18-17(22)4-3-9-23-16-7-5-14(6-8-16)15-11-19-20(2)12-15/h5-8,11-13,21H,3-4,9-10H2,1-2H3,(H,18,22)/t13-/m0/s1. The number of aromatic nitrogens is 2. The third-order valence-electron chi connectivity index (χ3n) is 3.30. The molecule has 0 unspecified atom stereocenters. The lowest BCUT2D eigenvalue weighted by atomic mass is 10.1. The average molecular weight is 317 g/mol.